The van der Waals surface area contributed by atoms with Crippen LogP contribution in [-0.4, -0.2) is 11.0 Å². The molecule has 0 saturated heterocycles. The fourth-order valence-corrected chi connectivity index (χ4v) is 4.26. The summed E-state index contributed by atoms with van der Waals surface area (Å²) in [4.78, 5) is 16.9. The van der Waals surface area contributed by atoms with E-state index in [0.29, 0.717) is 10.7 Å². The molecule has 136 valence electrons. The van der Waals surface area contributed by atoms with Crippen LogP contribution in [0.4, 0.5) is 10.5 Å². The van der Waals surface area contributed by atoms with Crippen molar-refractivity contribution in [3.8, 4) is 11.3 Å². The highest BCUT2D eigenvalue weighted by atomic mass is 35.5. The topological polar surface area (TPSA) is 80.0 Å². The summed E-state index contributed by atoms with van der Waals surface area (Å²) in [5.74, 6) is 0. The van der Waals surface area contributed by atoms with Gasteiger partial charge in [-0.25, -0.2) is 9.78 Å². The van der Waals surface area contributed by atoms with Crippen LogP contribution in [0.25, 0.3) is 16.8 Å². The second-order valence-electron chi connectivity index (χ2n) is 6.29. The minimum absolute atomic E-state index is 0.239. The number of rotatable bonds is 3. The lowest BCUT2D eigenvalue weighted by atomic mass is 9.96. The molecular formula is C20H17ClN4OS. The van der Waals surface area contributed by atoms with E-state index in [2.05, 4.69) is 10.6 Å². The first-order valence-corrected chi connectivity index (χ1v) is 9.62. The number of nitrogens with one attached hydrogen (secondary N) is 2. The molecule has 0 spiro atoms. The molecule has 1 atom stereocenters. The normalized spacial score (nSPS) is 16.8. The largest absolute Gasteiger partial charge is 0.399 e. The lowest BCUT2D eigenvalue weighted by Crippen LogP contribution is -2.42. The molecule has 0 radical (unpaired) electrons. The third kappa shape index (κ3) is 3.54. The van der Waals surface area contributed by atoms with Crippen LogP contribution in [-0.2, 0) is 0 Å². The molecule has 3 aromatic rings. The van der Waals surface area contributed by atoms with E-state index in [4.69, 9.17) is 22.3 Å². The van der Waals surface area contributed by atoms with Crippen molar-refractivity contribution in [2.45, 2.75) is 13.0 Å². The SMILES string of the molecule is CC1=C(c2nc(-c3ccc(N)cc3)cs2)C(c2cccc(Cl)c2)NC(=O)N1. The fraction of sp³-hybridized carbons (Fsp3) is 0.100. The minimum atomic E-state index is -0.317. The Kier molecular flexibility index (Phi) is 4.59. The van der Waals surface area contributed by atoms with Gasteiger partial charge in [0.05, 0.1) is 11.7 Å². The number of hydrogen-bond acceptors (Lipinski definition) is 4. The van der Waals surface area contributed by atoms with Gasteiger partial charge in [-0.2, -0.15) is 0 Å². The van der Waals surface area contributed by atoms with Crippen molar-refractivity contribution in [2.75, 3.05) is 5.73 Å². The van der Waals surface area contributed by atoms with Crippen LogP contribution >= 0.6 is 22.9 Å². The number of aromatic nitrogens is 1. The number of nitrogen functional groups attached to an aromatic ring is 1. The molecule has 1 aliphatic heterocycles. The number of allylic oxidation sites excluding steroid dienone is 1. The Balaban J connectivity index is 1.76. The lowest BCUT2D eigenvalue weighted by molar-refractivity contribution is 0.240. The van der Waals surface area contributed by atoms with Crippen molar-refractivity contribution in [1.29, 1.82) is 0 Å². The van der Waals surface area contributed by atoms with Gasteiger partial charge in [-0.3, -0.25) is 0 Å². The van der Waals surface area contributed by atoms with Gasteiger partial charge in [0.25, 0.3) is 0 Å². The highest BCUT2D eigenvalue weighted by Gasteiger charge is 2.29. The van der Waals surface area contributed by atoms with Gasteiger partial charge in [-0.05, 0) is 36.8 Å². The summed E-state index contributed by atoms with van der Waals surface area (Å²) in [6, 6.07) is 14.6. The fourth-order valence-electron chi connectivity index (χ4n) is 3.10. The quantitative estimate of drug-likeness (QED) is 0.554. The van der Waals surface area contributed by atoms with Gasteiger partial charge in [0, 0.05) is 32.9 Å². The highest BCUT2D eigenvalue weighted by Crippen LogP contribution is 2.37. The average molecular weight is 397 g/mol. The van der Waals surface area contributed by atoms with Gasteiger partial charge in [0.1, 0.15) is 5.01 Å². The molecule has 0 fully saturated rings. The van der Waals surface area contributed by atoms with E-state index >= 15 is 0 Å². The average Bonchev–Trinajstić information content (AvgIpc) is 3.11. The molecule has 1 aromatic heterocycles. The molecule has 5 nitrogen and oxygen atoms in total. The lowest BCUT2D eigenvalue weighted by Gasteiger charge is -2.28. The molecule has 2 aromatic carbocycles. The van der Waals surface area contributed by atoms with E-state index in [9.17, 15) is 4.79 Å². The van der Waals surface area contributed by atoms with Gasteiger partial charge in [0.15, 0.2) is 0 Å². The van der Waals surface area contributed by atoms with E-state index in [-0.39, 0.29) is 12.1 Å². The van der Waals surface area contributed by atoms with E-state index in [0.717, 1.165) is 33.1 Å². The molecule has 0 bridgehead atoms. The van der Waals surface area contributed by atoms with Crippen molar-refractivity contribution in [2.24, 2.45) is 0 Å². The van der Waals surface area contributed by atoms with Gasteiger partial charge in [-0.15, -0.1) is 11.3 Å². The van der Waals surface area contributed by atoms with E-state index in [1.807, 2.05) is 60.8 Å². The first-order valence-electron chi connectivity index (χ1n) is 8.37. The Morgan fingerprint density at radius 1 is 1.19 bits per heavy atom. The maximum Gasteiger partial charge on any atom is 0.319 e. The number of urea groups is 1. The number of benzene rings is 2. The molecule has 2 heterocycles. The first-order chi connectivity index (χ1) is 13.0. The number of nitrogens with two attached hydrogens (primary N) is 1. The second-order valence-corrected chi connectivity index (χ2v) is 7.58. The number of carbonyl (C=O) groups excluding carboxylic acids is 1. The molecule has 4 rings (SSSR count). The molecule has 1 unspecified atom stereocenters. The number of nitrogens with zero attached hydrogens (tertiary/aromatic N) is 1. The zero-order valence-electron chi connectivity index (χ0n) is 14.5. The molecule has 4 N–H and O–H groups in total. The van der Waals surface area contributed by atoms with Crippen molar-refractivity contribution >= 4 is 40.2 Å². The number of carbonyl (C=O) groups is 1. The van der Waals surface area contributed by atoms with Crippen LogP contribution in [0.15, 0.2) is 59.6 Å². The van der Waals surface area contributed by atoms with E-state index in [1.54, 1.807) is 0 Å². The predicted molar refractivity (Wildman–Crippen MR) is 110 cm³/mol. The smallest absolute Gasteiger partial charge is 0.319 e. The molecule has 0 aliphatic carbocycles. The van der Waals surface area contributed by atoms with Gasteiger partial charge >= 0.3 is 6.03 Å². The van der Waals surface area contributed by atoms with Crippen molar-refractivity contribution in [3.63, 3.8) is 0 Å². The maximum atomic E-state index is 12.1. The number of halogens is 1. The Morgan fingerprint density at radius 3 is 2.70 bits per heavy atom. The summed E-state index contributed by atoms with van der Waals surface area (Å²) in [5, 5.41) is 9.30. The summed E-state index contributed by atoms with van der Waals surface area (Å²) in [7, 11) is 0. The molecule has 2 amide bonds. The van der Waals surface area contributed by atoms with Crippen LogP contribution in [0, 0.1) is 0 Å². The standard InChI is InChI=1S/C20H17ClN4OS/c1-11-17(18(25-20(26)23-11)13-3-2-4-14(21)9-13)19-24-16(10-27-19)12-5-7-15(22)8-6-12/h2-10,18H,22H2,1H3,(H2,23,25,26). The Morgan fingerprint density at radius 2 is 1.96 bits per heavy atom. The maximum absolute atomic E-state index is 12.1. The van der Waals surface area contributed by atoms with Crippen LogP contribution < -0.4 is 16.4 Å². The number of anilines is 1. The van der Waals surface area contributed by atoms with Crippen LogP contribution in [0.3, 0.4) is 0 Å². The van der Waals surface area contributed by atoms with Crippen LogP contribution in [0.2, 0.25) is 5.02 Å². The van der Waals surface area contributed by atoms with Gasteiger partial charge in [-0.1, -0.05) is 35.9 Å². The van der Waals surface area contributed by atoms with Crippen LogP contribution in [0.1, 0.15) is 23.5 Å². The highest BCUT2D eigenvalue weighted by molar-refractivity contribution is 7.11. The molecule has 7 heteroatoms. The Bertz CT molecular complexity index is 1040. The number of amides is 2. The summed E-state index contributed by atoms with van der Waals surface area (Å²) < 4.78 is 0. The van der Waals surface area contributed by atoms with Gasteiger partial charge in [0.2, 0.25) is 0 Å². The number of thiazole rings is 1. The molecular weight excluding hydrogens is 380 g/mol. The first kappa shape index (κ1) is 17.6. The van der Waals surface area contributed by atoms with Gasteiger partial charge < -0.3 is 16.4 Å². The zero-order valence-corrected chi connectivity index (χ0v) is 16.1. The van der Waals surface area contributed by atoms with Crippen molar-refractivity contribution < 1.29 is 4.79 Å². The molecule has 0 saturated carbocycles. The van der Waals surface area contributed by atoms with E-state index < -0.39 is 0 Å². The summed E-state index contributed by atoms with van der Waals surface area (Å²) in [6.07, 6.45) is 0. The molecule has 27 heavy (non-hydrogen) atoms. The van der Waals surface area contributed by atoms with Crippen molar-refractivity contribution in [3.05, 3.63) is 75.2 Å². The Hall–Kier alpha value is -2.83. The monoisotopic (exact) mass is 396 g/mol. The minimum Gasteiger partial charge on any atom is -0.399 e. The third-order valence-corrected chi connectivity index (χ3v) is 5.50. The summed E-state index contributed by atoms with van der Waals surface area (Å²) in [6.45, 7) is 1.88. The van der Waals surface area contributed by atoms with E-state index in [1.165, 1.54) is 11.3 Å². The predicted octanol–water partition coefficient (Wildman–Crippen LogP) is 4.83. The zero-order chi connectivity index (χ0) is 19.0. The van der Waals surface area contributed by atoms with Crippen molar-refractivity contribution in [1.82, 2.24) is 15.6 Å². The Labute approximate surface area is 165 Å². The molecule has 1 aliphatic rings. The van der Waals surface area contributed by atoms with Crippen LogP contribution in [0.5, 0.6) is 0 Å². The third-order valence-electron chi connectivity index (χ3n) is 4.39. The summed E-state index contributed by atoms with van der Waals surface area (Å²) in [5.41, 5.74) is 11.0. The summed E-state index contributed by atoms with van der Waals surface area (Å²) >= 11 is 7.70. The second kappa shape index (κ2) is 7.06. The number of hydrogen-bond donors (Lipinski definition) is 3.